The summed E-state index contributed by atoms with van der Waals surface area (Å²) in [5.41, 5.74) is -5.99. The number of rotatable bonds is 12. The number of nitrogens with zero attached hydrogens (tertiary/aromatic N) is 3. The third-order valence-electron chi connectivity index (χ3n) is 7.65. The first kappa shape index (κ1) is 22.5. The fourth-order valence-electron chi connectivity index (χ4n) is 5.02. The molecular weight excluding hydrogens is 698 g/mol. The van der Waals surface area contributed by atoms with E-state index in [4.69, 9.17) is 11.0 Å². The molecule has 6 nitrogen and oxygen atoms in total. The molecule has 0 bridgehead atoms. The number of carbonyl (C=O) groups is 1. The summed E-state index contributed by atoms with van der Waals surface area (Å²) >= 11 is -0.0720. The van der Waals surface area contributed by atoms with Gasteiger partial charge in [-0.3, -0.25) is 9.59 Å². The lowest BCUT2D eigenvalue weighted by molar-refractivity contribution is -0.137. The molecule has 1 aliphatic heterocycles. The second kappa shape index (κ2) is 16.4. The molecule has 0 radical (unpaired) electrons. The van der Waals surface area contributed by atoms with Crippen molar-refractivity contribution in [2.45, 2.75) is 48.7 Å². The number of fused-ring (bicyclic) bond motifs is 1. The van der Waals surface area contributed by atoms with Crippen molar-refractivity contribution < 1.29 is 52.0 Å². The Hall–Kier alpha value is -4.52. The number of hydrogen-bond donors (Lipinski definition) is 0. The number of hydrogen-bond acceptors (Lipinski definition) is 5. The van der Waals surface area contributed by atoms with E-state index in [-0.39, 0.29) is 43.6 Å². The maximum atomic E-state index is 15.4. The quantitative estimate of drug-likeness (QED) is 0.0948. The highest BCUT2D eigenvalue weighted by atomic mass is 32.2. The number of likely N-dealkylation sites (tertiary alicyclic amines) is 1. The molecule has 0 N–H and O–H groups in total. The molecule has 6 rings (SSSR count). The molecule has 2 heterocycles. The van der Waals surface area contributed by atoms with Crippen molar-refractivity contribution in [2.24, 2.45) is 0 Å². The number of amides is 1. The molecule has 1 aromatic heterocycles. The highest BCUT2D eigenvalue weighted by molar-refractivity contribution is 7.98. The van der Waals surface area contributed by atoms with Gasteiger partial charge in [-0.2, -0.15) is 13.2 Å². The van der Waals surface area contributed by atoms with E-state index in [9.17, 15) is 32.0 Å². The Labute approximate surface area is 323 Å². The van der Waals surface area contributed by atoms with Gasteiger partial charge in [0, 0.05) is 75.6 Å². The van der Waals surface area contributed by atoms with Crippen LogP contribution >= 0.6 is 11.8 Å². The van der Waals surface area contributed by atoms with Crippen LogP contribution in [0.3, 0.4) is 0 Å². The number of aromatic nitrogens is 1. The fourth-order valence-corrected chi connectivity index (χ4v) is 5.79. The van der Waals surface area contributed by atoms with E-state index >= 15 is 9.18 Å². The number of piperidine rings is 1. The highest BCUT2D eigenvalue weighted by Gasteiger charge is 2.31. The Morgan fingerprint density at radius 2 is 1.65 bits per heavy atom. The summed E-state index contributed by atoms with van der Waals surface area (Å²) < 4.78 is 209. The highest BCUT2D eigenvalue weighted by Crippen LogP contribution is 2.32. The van der Waals surface area contributed by atoms with Gasteiger partial charge in [0.25, 0.3) is 0 Å². The largest absolute Gasteiger partial charge is 0.416 e. The summed E-state index contributed by atoms with van der Waals surface area (Å²) in [5, 5.41) is -1.10. The Morgan fingerprint density at radius 3 is 2.33 bits per heavy atom. The van der Waals surface area contributed by atoms with Gasteiger partial charge in [0.2, 0.25) is 5.91 Å². The van der Waals surface area contributed by atoms with Crippen molar-refractivity contribution in [1.29, 1.82) is 0 Å². The van der Waals surface area contributed by atoms with E-state index in [0.29, 0.717) is 16.7 Å². The van der Waals surface area contributed by atoms with E-state index in [1.54, 1.807) is 0 Å². The molecule has 0 atom stereocenters. The Balaban J connectivity index is 1.59. The Morgan fingerprint density at radius 1 is 0.981 bits per heavy atom. The lowest BCUT2D eigenvalue weighted by Gasteiger charge is -2.39. The number of thioether (sulfide) groups is 1. The van der Waals surface area contributed by atoms with Crippen molar-refractivity contribution in [3.05, 3.63) is 136 Å². The van der Waals surface area contributed by atoms with Crippen LogP contribution < -0.4 is 5.43 Å². The summed E-state index contributed by atoms with van der Waals surface area (Å²) in [5.74, 6) is -5.24. The first-order valence-electron chi connectivity index (χ1n) is 22.8. The van der Waals surface area contributed by atoms with E-state index in [2.05, 4.69) is 4.74 Å². The maximum Gasteiger partial charge on any atom is 0.416 e. The van der Waals surface area contributed by atoms with Gasteiger partial charge in [0.05, 0.1) is 29.5 Å². The van der Waals surface area contributed by atoms with Crippen LogP contribution in [0.15, 0.2) is 107 Å². The molecule has 5 aromatic rings. The number of pyridine rings is 1. The molecule has 12 heteroatoms. The van der Waals surface area contributed by atoms with Crippen LogP contribution in [0.5, 0.6) is 0 Å². The molecule has 1 saturated heterocycles. The van der Waals surface area contributed by atoms with Gasteiger partial charge in [-0.05, 0) is 59.8 Å². The van der Waals surface area contributed by atoms with Crippen molar-refractivity contribution in [3.63, 3.8) is 0 Å². The lowest BCUT2D eigenvalue weighted by atomic mass is 10.00. The number of benzene rings is 4. The van der Waals surface area contributed by atoms with E-state index in [1.807, 2.05) is 0 Å². The monoisotopic (exact) mass is 750 g/mol. The summed E-state index contributed by atoms with van der Waals surface area (Å²) in [6.07, 6.45) is -13.0. The van der Waals surface area contributed by atoms with Gasteiger partial charge in [-0.25, -0.2) is 8.78 Å². The fraction of sp³-hybridized carbons (Fsp3) is 0.300. The molecule has 0 spiro atoms. The average Bonchev–Trinajstić information content (AvgIpc) is 3.24. The maximum absolute atomic E-state index is 15.4. The number of halogens is 5. The van der Waals surface area contributed by atoms with Crippen LogP contribution in [0.2, 0.25) is 0 Å². The van der Waals surface area contributed by atoms with Crippen molar-refractivity contribution in [3.8, 4) is 11.1 Å². The van der Waals surface area contributed by atoms with Crippen molar-refractivity contribution in [1.82, 2.24) is 14.4 Å². The summed E-state index contributed by atoms with van der Waals surface area (Å²) in [6.45, 7) is -17.5. The number of alkyl halides is 3. The first-order valence-corrected chi connectivity index (χ1v) is 16.1. The minimum Gasteiger partial charge on any atom is -0.383 e. The summed E-state index contributed by atoms with van der Waals surface area (Å²) in [6, 6.07) is 12.7. The standard InChI is InChI=1S/C40H38F5N3O3S/c1-51-22-21-46-19-17-32(18-20-46)47(24-27-9-11-28(12-10-27)29-13-15-31(16-14-29)40(43,44)45)37(50)25-48-35-8-3-2-6-33(35)36(49)23-38(48)52-26-30-5-4-7-34(41)39(30)42/h2-16,23,32H,17-22,24-26H2,1H3/i17D2,18D2,19D2,20D2,22D2,25D2,26D2,32D. The second-order valence-electron chi connectivity index (χ2n) is 11.0. The van der Waals surface area contributed by atoms with Crippen molar-refractivity contribution in [2.75, 3.05) is 33.2 Å². The van der Waals surface area contributed by atoms with Crippen LogP contribution in [0.1, 0.15) is 50.0 Å². The zero-order chi connectivity index (χ0) is 50.3. The number of para-hydroxylation sites is 1. The minimum atomic E-state index is -4.66. The number of carbonyl (C=O) groups excluding carboxylic acids is 1. The third kappa shape index (κ3) is 8.74. The molecule has 272 valence electrons. The lowest BCUT2D eigenvalue weighted by Crippen LogP contribution is -2.48. The van der Waals surface area contributed by atoms with Gasteiger partial charge >= 0.3 is 6.18 Å². The molecule has 0 aliphatic carbocycles. The zero-order valence-corrected chi connectivity index (χ0v) is 27.8. The Kier molecular flexibility index (Phi) is 7.12. The molecule has 0 unspecified atom stereocenters. The van der Waals surface area contributed by atoms with E-state index < -0.39 is 114 Å². The van der Waals surface area contributed by atoms with Crippen LogP contribution in [-0.4, -0.2) is 59.5 Å². The molecule has 1 aliphatic rings. The van der Waals surface area contributed by atoms with Crippen LogP contribution in [-0.2, 0) is 34.5 Å². The smallest absolute Gasteiger partial charge is 0.383 e. The number of ether oxygens (including phenoxy) is 1. The van der Waals surface area contributed by atoms with E-state index in [0.717, 1.165) is 49.6 Å². The zero-order valence-electron chi connectivity index (χ0n) is 42.0. The topological polar surface area (TPSA) is 54.8 Å². The van der Waals surface area contributed by atoms with Gasteiger partial charge in [0.1, 0.15) is 6.50 Å². The number of methoxy groups -OCH3 is 1. The van der Waals surface area contributed by atoms with E-state index in [1.165, 1.54) is 42.5 Å². The summed E-state index contributed by atoms with van der Waals surface area (Å²) in [4.78, 5) is 28.6. The minimum absolute atomic E-state index is 0.0720. The third-order valence-corrected chi connectivity index (χ3v) is 8.48. The van der Waals surface area contributed by atoms with Crippen molar-refractivity contribution >= 4 is 28.6 Å². The van der Waals surface area contributed by atoms with Gasteiger partial charge in [-0.15, -0.1) is 11.8 Å². The first-order chi connectivity index (χ1) is 30.6. The molecule has 0 saturated carbocycles. The molecule has 1 fully saturated rings. The predicted molar refractivity (Wildman–Crippen MR) is 193 cm³/mol. The molecular formula is C40H38F5N3O3S. The molecule has 4 aromatic carbocycles. The van der Waals surface area contributed by atoms with Crippen LogP contribution in [0.4, 0.5) is 22.0 Å². The average molecular weight is 751 g/mol. The Bertz CT molecular complexity index is 2730. The normalized spacial score (nSPS) is 23.8. The van der Waals surface area contributed by atoms with Crippen LogP contribution in [0.25, 0.3) is 22.0 Å². The van der Waals surface area contributed by atoms with Gasteiger partial charge < -0.3 is 19.1 Å². The molecule has 1 amide bonds. The van der Waals surface area contributed by atoms with Gasteiger partial charge in [0.15, 0.2) is 17.1 Å². The van der Waals surface area contributed by atoms with Gasteiger partial charge in [-0.1, -0.05) is 60.7 Å². The molecule has 52 heavy (non-hydrogen) atoms. The van der Waals surface area contributed by atoms with Crippen LogP contribution in [0, 0.1) is 11.6 Å². The summed E-state index contributed by atoms with van der Waals surface area (Å²) in [7, 11) is 0.811. The second-order valence-corrected chi connectivity index (χ2v) is 11.9. The SMILES string of the molecule is [2H]C([2H])(CN1C([2H])([2H])C([2H])([2H])C([2H])(N(Cc2ccc(-c3ccc(C(F)(F)F)cc3)cc2)C(=O)C([2H])([2H])n2c(SC([2H])([2H])c3cccc(F)c3F)cc(=O)c3ccccc32)C([2H])([2H])C1([2H])[2H])OC. The predicted octanol–water partition coefficient (Wildman–Crippen LogP) is 8.40.